The second-order valence-corrected chi connectivity index (χ2v) is 8.53. The molecule has 32 heavy (non-hydrogen) atoms. The summed E-state index contributed by atoms with van der Waals surface area (Å²) in [5.41, 5.74) is 10.3. The van der Waals surface area contributed by atoms with Crippen molar-refractivity contribution in [3.05, 3.63) is 87.5 Å². The average molecular weight is 468 g/mol. The average Bonchev–Trinajstić information content (AvgIpc) is 3.37. The maximum Gasteiger partial charge on any atom is 0.250 e. The van der Waals surface area contributed by atoms with Gasteiger partial charge in [0, 0.05) is 28.9 Å². The molecule has 4 rings (SSSR count). The van der Waals surface area contributed by atoms with Crippen LogP contribution in [0.25, 0.3) is 22.7 Å². The Morgan fingerprint density at radius 3 is 2.56 bits per heavy atom. The number of carbonyl (C=O) groups is 1. The summed E-state index contributed by atoms with van der Waals surface area (Å²) < 4.78 is 7.71. The van der Waals surface area contributed by atoms with Crippen molar-refractivity contribution in [1.82, 2.24) is 9.72 Å². The van der Waals surface area contributed by atoms with E-state index in [1.807, 2.05) is 19.1 Å². The SMILES string of the molecule is Cc1c(C(N)=O)cc(-c2cc(-c3ccc(Cl)cc3Cl)no2)n1CCCCc1ccccc1. The van der Waals surface area contributed by atoms with E-state index in [0.29, 0.717) is 27.1 Å². The number of halogens is 2. The van der Waals surface area contributed by atoms with Gasteiger partial charge in [-0.05, 0) is 56.0 Å². The molecule has 2 aromatic carbocycles. The number of primary amides is 1. The highest BCUT2D eigenvalue weighted by Crippen LogP contribution is 2.34. The molecule has 0 saturated carbocycles. The van der Waals surface area contributed by atoms with Crippen LogP contribution in [0, 0.1) is 6.92 Å². The number of unbranched alkanes of at least 4 members (excludes halogenated alkanes) is 1. The minimum Gasteiger partial charge on any atom is -0.366 e. The zero-order valence-corrected chi connectivity index (χ0v) is 19.2. The molecule has 5 nitrogen and oxygen atoms in total. The highest BCUT2D eigenvalue weighted by Gasteiger charge is 2.20. The summed E-state index contributed by atoms with van der Waals surface area (Å²) in [6.07, 6.45) is 2.97. The first-order valence-electron chi connectivity index (χ1n) is 10.4. The van der Waals surface area contributed by atoms with Crippen LogP contribution in [-0.4, -0.2) is 15.6 Å². The van der Waals surface area contributed by atoms with Crippen molar-refractivity contribution in [2.24, 2.45) is 5.73 Å². The Kier molecular flexibility index (Phi) is 6.68. The molecule has 0 unspecified atom stereocenters. The molecule has 0 aliphatic heterocycles. The van der Waals surface area contributed by atoms with E-state index in [4.69, 9.17) is 33.5 Å². The van der Waals surface area contributed by atoms with E-state index in [1.54, 1.807) is 24.3 Å². The van der Waals surface area contributed by atoms with Gasteiger partial charge in [-0.25, -0.2) is 0 Å². The van der Waals surface area contributed by atoms with Gasteiger partial charge in [-0.1, -0.05) is 58.7 Å². The minimum atomic E-state index is -0.465. The Morgan fingerprint density at radius 1 is 1.06 bits per heavy atom. The lowest BCUT2D eigenvalue weighted by molar-refractivity contribution is 0.0999. The van der Waals surface area contributed by atoms with Crippen molar-refractivity contribution in [2.45, 2.75) is 32.7 Å². The summed E-state index contributed by atoms with van der Waals surface area (Å²) in [6.45, 7) is 2.63. The zero-order chi connectivity index (χ0) is 22.7. The Labute approximate surface area is 196 Å². The highest BCUT2D eigenvalue weighted by atomic mass is 35.5. The van der Waals surface area contributed by atoms with Crippen molar-refractivity contribution >= 4 is 29.1 Å². The minimum absolute atomic E-state index is 0.465. The van der Waals surface area contributed by atoms with Crippen molar-refractivity contribution in [3.63, 3.8) is 0 Å². The van der Waals surface area contributed by atoms with E-state index in [2.05, 4.69) is 34.0 Å². The van der Waals surface area contributed by atoms with Gasteiger partial charge in [0.05, 0.1) is 16.3 Å². The second kappa shape index (κ2) is 9.63. The molecule has 0 aliphatic rings. The molecule has 0 radical (unpaired) electrons. The van der Waals surface area contributed by atoms with Gasteiger partial charge in [-0.2, -0.15) is 0 Å². The molecule has 0 aliphatic carbocycles. The van der Waals surface area contributed by atoms with Crippen molar-refractivity contribution in [2.75, 3.05) is 0 Å². The fourth-order valence-electron chi connectivity index (χ4n) is 3.85. The number of amides is 1. The zero-order valence-electron chi connectivity index (χ0n) is 17.6. The third kappa shape index (κ3) is 4.74. The molecule has 0 saturated heterocycles. The standard InChI is InChI=1S/C25H23Cl2N3O2/c1-16-20(25(28)31)14-23(30(16)12-6-5-9-17-7-3-2-4-8-17)24-15-22(29-32-24)19-11-10-18(26)13-21(19)27/h2-4,7-8,10-11,13-15H,5-6,9,12H2,1H3,(H2,28,31). The predicted molar refractivity (Wildman–Crippen MR) is 128 cm³/mol. The number of hydrogen-bond acceptors (Lipinski definition) is 3. The first-order valence-corrected chi connectivity index (χ1v) is 11.2. The lowest BCUT2D eigenvalue weighted by atomic mass is 10.1. The van der Waals surface area contributed by atoms with Crippen molar-refractivity contribution < 1.29 is 9.32 Å². The lowest BCUT2D eigenvalue weighted by Gasteiger charge is -2.10. The van der Waals surface area contributed by atoms with Gasteiger partial charge in [-0.3, -0.25) is 4.79 Å². The normalized spacial score (nSPS) is 11.1. The number of nitrogens with zero attached hydrogens (tertiary/aromatic N) is 2. The number of carbonyl (C=O) groups excluding carboxylic acids is 1. The van der Waals surface area contributed by atoms with Crippen LogP contribution in [0.1, 0.15) is 34.5 Å². The van der Waals surface area contributed by atoms with Crippen molar-refractivity contribution in [1.29, 1.82) is 0 Å². The predicted octanol–water partition coefficient (Wildman–Crippen LogP) is 6.55. The summed E-state index contributed by atoms with van der Waals surface area (Å²) in [4.78, 5) is 12.0. The summed E-state index contributed by atoms with van der Waals surface area (Å²) in [5.74, 6) is 0.0805. The van der Waals surface area contributed by atoms with Gasteiger partial charge < -0.3 is 14.8 Å². The highest BCUT2D eigenvalue weighted by molar-refractivity contribution is 6.36. The van der Waals surface area contributed by atoms with Crippen LogP contribution in [0.3, 0.4) is 0 Å². The molecular formula is C25H23Cl2N3O2. The second-order valence-electron chi connectivity index (χ2n) is 7.69. The van der Waals surface area contributed by atoms with Gasteiger partial charge in [0.25, 0.3) is 5.91 Å². The Bertz CT molecular complexity index is 1250. The Hall–Kier alpha value is -3.02. The quantitative estimate of drug-likeness (QED) is 0.298. The fraction of sp³-hybridized carbons (Fsp3) is 0.200. The van der Waals surface area contributed by atoms with E-state index in [1.165, 1.54) is 5.56 Å². The molecule has 0 bridgehead atoms. The van der Waals surface area contributed by atoms with Crippen LogP contribution in [0.15, 0.2) is 65.2 Å². The molecule has 0 spiro atoms. The van der Waals surface area contributed by atoms with Gasteiger partial charge in [-0.15, -0.1) is 0 Å². The topological polar surface area (TPSA) is 74.1 Å². The lowest BCUT2D eigenvalue weighted by Crippen LogP contribution is -2.12. The first kappa shape index (κ1) is 22.2. The number of aryl methyl sites for hydroxylation is 1. The molecule has 0 atom stereocenters. The molecule has 2 heterocycles. The number of nitrogens with two attached hydrogens (primary N) is 1. The monoisotopic (exact) mass is 467 g/mol. The summed E-state index contributed by atoms with van der Waals surface area (Å²) in [6, 6.07) is 19.2. The largest absolute Gasteiger partial charge is 0.366 e. The summed E-state index contributed by atoms with van der Waals surface area (Å²) in [7, 11) is 0. The summed E-state index contributed by atoms with van der Waals surface area (Å²) >= 11 is 12.3. The van der Waals surface area contributed by atoms with E-state index < -0.39 is 5.91 Å². The number of benzene rings is 2. The summed E-state index contributed by atoms with van der Waals surface area (Å²) in [5, 5.41) is 5.22. The smallest absolute Gasteiger partial charge is 0.250 e. The molecule has 0 fully saturated rings. The third-order valence-electron chi connectivity index (χ3n) is 5.54. The van der Waals surface area contributed by atoms with Gasteiger partial charge in [0.2, 0.25) is 0 Å². The maximum absolute atomic E-state index is 12.0. The van der Waals surface area contributed by atoms with Crippen LogP contribution in [-0.2, 0) is 13.0 Å². The van der Waals surface area contributed by atoms with Crippen LogP contribution < -0.4 is 5.73 Å². The van der Waals surface area contributed by atoms with Crippen molar-refractivity contribution in [3.8, 4) is 22.7 Å². The van der Waals surface area contributed by atoms with Crippen LogP contribution in [0.5, 0.6) is 0 Å². The Balaban J connectivity index is 1.58. The third-order valence-corrected chi connectivity index (χ3v) is 6.09. The number of rotatable bonds is 8. The fourth-order valence-corrected chi connectivity index (χ4v) is 4.36. The van der Waals surface area contributed by atoms with E-state index in [0.717, 1.165) is 42.8 Å². The number of aromatic nitrogens is 2. The van der Waals surface area contributed by atoms with Gasteiger partial charge in [0.15, 0.2) is 5.76 Å². The molecule has 164 valence electrons. The molecular weight excluding hydrogens is 445 g/mol. The van der Waals surface area contributed by atoms with Gasteiger partial charge >= 0.3 is 0 Å². The van der Waals surface area contributed by atoms with E-state index >= 15 is 0 Å². The van der Waals surface area contributed by atoms with Crippen LogP contribution in [0.2, 0.25) is 10.0 Å². The molecule has 7 heteroatoms. The van der Waals surface area contributed by atoms with Crippen LogP contribution in [0.4, 0.5) is 0 Å². The maximum atomic E-state index is 12.0. The molecule has 4 aromatic rings. The van der Waals surface area contributed by atoms with E-state index in [9.17, 15) is 4.79 Å². The first-order chi connectivity index (χ1) is 15.4. The van der Waals surface area contributed by atoms with Crippen LogP contribution >= 0.6 is 23.2 Å². The van der Waals surface area contributed by atoms with E-state index in [-0.39, 0.29) is 0 Å². The van der Waals surface area contributed by atoms with Gasteiger partial charge in [0.1, 0.15) is 5.69 Å². The molecule has 2 N–H and O–H groups in total. The number of hydrogen-bond donors (Lipinski definition) is 1. The molecule has 2 aromatic heterocycles. The Morgan fingerprint density at radius 2 is 1.84 bits per heavy atom. The molecule has 1 amide bonds.